The van der Waals surface area contributed by atoms with Gasteiger partial charge in [-0.15, -0.1) is 0 Å². The van der Waals surface area contributed by atoms with Crippen LogP contribution in [0.1, 0.15) is 51.1 Å². The molecule has 1 aliphatic carbocycles. The smallest absolute Gasteiger partial charge is 0.221 e. The molecule has 0 aliphatic heterocycles. The van der Waals surface area contributed by atoms with E-state index in [4.69, 9.17) is 4.74 Å². The van der Waals surface area contributed by atoms with Crippen LogP contribution in [0.5, 0.6) is 5.75 Å². The van der Waals surface area contributed by atoms with Crippen LogP contribution in [0.25, 0.3) is 0 Å². The van der Waals surface area contributed by atoms with Crippen LogP contribution >= 0.6 is 0 Å². The normalized spacial score (nSPS) is 20.6. The summed E-state index contributed by atoms with van der Waals surface area (Å²) in [6.07, 6.45) is 3.43. The summed E-state index contributed by atoms with van der Waals surface area (Å²) >= 11 is 0. The van der Waals surface area contributed by atoms with E-state index in [1.165, 1.54) is 6.92 Å². The first kappa shape index (κ1) is 19.2. The highest BCUT2D eigenvalue weighted by atomic mass is 16.5. The highest BCUT2D eigenvalue weighted by Crippen LogP contribution is 2.26. The number of hydrogen-bond donors (Lipinski definition) is 3. The largest absolute Gasteiger partial charge is 0.488 e. The number of nitrogens with one attached hydrogen (secondary N) is 2. The summed E-state index contributed by atoms with van der Waals surface area (Å²) in [5.41, 5.74) is 2.87. The molecule has 0 saturated heterocycles. The van der Waals surface area contributed by atoms with Crippen molar-refractivity contribution in [2.75, 3.05) is 10.6 Å². The Kier molecular flexibility index (Phi) is 6.35. The zero-order valence-electron chi connectivity index (χ0n) is 15.9. The molecule has 0 bridgehead atoms. The van der Waals surface area contributed by atoms with E-state index in [-0.39, 0.29) is 24.2 Å². The van der Waals surface area contributed by atoms with Crippen molar-refractivity contribution in [3.05, 3.63) is 54.1 Å². The van der Waals surface area contributed by atoms with Crippen LogP contribution in [0.4, 0.5) is 11.4 Å². The van der Waals surface area contributed by atoms with Crippen molar-refractivity contribution in [2.24, 2.45) is 0 Å². The fraction of sp³-hybridized carbons (Fsp3) is 0.409. The fourth-order valence-corrected chi connectivity index (χ4v) is 3.44. The van der Waals surface area contributed by atoms with E-state index in [0.29, 0.717) is 0 Å². The Hall–Kier alpha value is -2.53. The van der Waals surface area contributed by atoms with Crippen molar-refractivity contribution in [2.45, 2.75) is 57.8 Å². The quantitative estimate of drug-likeness (QED) is 0.702. The zero-order chi connectivity index (χ0) is 19.2. The van der Waals surface area contributed by atoms with E-state index < -0.39 is 0 Å². The molecule has 0 unspecified atom stereocenters. The molecule has 144 valence electrons. The molecule has 1 amide bonds. The Morgan fingerprint density at radius 2 is 1.85 bits per heavy atom. The fourth-order valence-electron chi connectivity index (χ4n) is 3.44. The highest BCUT2D eigenvalue weighted by Gasteiger charge is 2.24. The molecule has 0 spiro atoms. The number of amides is 1. The van der Waals surface area contributed by atoms with Gasteiger partial charge in [-0.05, 0) is 68.1 Å². The van der Waals surface area contributed by atoms with Crippen molar-refractivity contribution in [3.63, 3.8) is 0 Å². The average molecular weight is 368 g/mol. The first-order valence-electron chi connectivity index (χ1n) is 9.60. The third-order valence-corrected chi connectivity index (χ3v) is 4.90. The Balaban J connectivity index is 1.60. The third-order valence-electron chi connectivity index (χ3n) is 4.90. The van der Waals surface area contributed by atoms with E-state index in [1.807, 2.05) is 48.5 Å². The maximum Gasteiger partial charge on any atom is 0.221 e. The minimum atomic E-state index is -0.368. The van der Waals surface area contributed by atoms with Gasteiger partial charge >= 0.3 is 0 Å². The number of benzene rings is 2. The maximum atomic E-state index is 11.2. The van der Waals surface area contributed by atoms with Crippen LogP contribution in [0.15, 0.2) is 48.5 Å². The summed E-state index contributed by atoms with van der Waals surface area (Å²) in [6.45, 7) is 3.58. The highest BCUT2D eigenvalue weighted by molar-refractivity contribution is 5.88. The molecule has 5 heteroatoms. The summed E-state index contributed by atoms with van der Waals surface area (Å²) in [4.78, 5) is 11.2. The van der Waals surface area contributed by atoms with E-state index in [9.17, 15) is 9.90 Å². The zero-order valence-corrected chi connectivity index (χ0v) is 15.9. The van der Waals surface area contributed by atoms with E-state index in [2.05, 4.69) is 17.6 Å². The standard InChI is InChI=1S/C22H28N2O3/c1-15(17-6-5-7-19(14-17)24-16(2)25)23-18-10-12-20(13-11-18)27-22-9-4-3-8-21(22)26/h5-7,10-15,21-23,26H,3-4,8-9H2,1-2H3,(H,24,25)/t15-,21-,22+/m0/s1. The molecule has 0 aromatic heterocycles. The Bertz CT molecular complexity index is 760. The third kappa shape index (κ3) is 5.47. The van der Waals surface area contributed by atoms with Crippen molar-refractivity contribution in [1.29, 1.82) is 0 Å². The number of hydrogen-bond acceptors (Lipinski definition) is 4. The molecule has 1 saturated carbocycles. The van der Waals surface area contributed by atoms with Crippen LogP contribution in [-0.2, 0) is 4.79 Å². The van der Waals surface area contributed by atoms with Crippen molar-refractivity contribution in [3.8, 4) is 5.75 Å². The number of carbonyl (C=O) groups excluding carboxylic acids is 1. The van der Waals surface area contributed by atoms with Crippen LogP contribution < -0.4 is 15.4 Å². The molecule has 0 radical (unpaired) electrons. The SMILES string of the molecule is CC(=O)Nc1cccc([C@H](C)Nc2ccc(O[C@@H]3CCCC[C@@H]3O)cc2)c1. The van der Waals surface area contributed by atoms with Gasteiger partial charge in [0.15, 0.2) is 0 Å². The van der Waals surface area contributed by atoms with E-state index in [0.717, 1.165) is 48.4 Å². The van der Waals surface area contributed by atoms with Crippen LogP contribution in [-0.4, -0.2) is 23.2 Å². The molecular formula is C22H28N2O3. The number of rotatable bonds is 6. The van der Waals surface area contributed by atoms with Crippen LogP contribution in [0, 0.1) is 0 Å². The van der Waals surface area contributed by atoms with Crippen LogP contribution in [0.3, 0.4) is 0 Å². The van der Waals surface area contributed by atoms with Gasteiger partial charge in [0.25, 0.3) is 0 Å². The average Bonchev–Trinajstić information content (AvgIpc) is 2.65. The van der Waals surface area contributed by atoms with Crippen molar-refractivity contribution < 1.29 is 14.6 Å². The first-order valence-corrected chi connectivity index (χ1v) is 9.60. The molecule has 3 N–H and O–H groups in total. The number of aliphatic hydroxyl groups is 1. The maximum absolute atomic E-state index is 11.2. The lowest BCUT2D eigenvalue weighted by Gasteiger charge is -2.28. The monoisotopic (exact) mass is 368 g/mol. The second-order valence-electron chi connectivity index (χ2n) is 7.21. The summed E-state index contributed by atoms with van der Waals surface area (Å²) in [5, 5.41) is 16.3. The van der Waals surface area contributed by atoms with Gasteiger partial charge in [-0.3, -0.25) is 4.79 Å². The molecule has 2 aromatic rings. The van der Waals surface area contributed by atoms with Gasteiger partial charge in [0.05, 0.1) is 6.10 Å². The molecule has 27 heavy (non-hydrogen) atoms. The van der Waals surface area contributed by atoms with Gasteiger partial charge in [-0.25, -0.2) is 0 Å². The topological polar surface area (TPSA) is 70.6 Å². The van der Waals surface area contributed by atoms with Crippen molar-refractivity contribution in [1.82, 2.24) is 0 Å². The summed E-state index contributed by atoms with van der Waals surface area (Å²) in [6, 6.07) is 15.7. The lowest BCUT2D eigenvalue weighted by Crippen LogP contribution is -2.34. The van der Waals surface area contributed by atoms with E-state index in [1.54, 1.807) is 0 Å². The number of carbonyl (C=O) groups is 1. The molecule has 5 nitrogen and oxygen atoms in total. The molecular weight excluding hydrogens is 340 g/mol. The Morgan fingerprint density at radius 3 is 2.56 bits per heavy atom. The number of anilines is 2. The van der Waals surface area contributed by atoms with Gasteiger partial charge in [0.1, 0.15) is 11.9 Å². The minimum absolute atomic E-state index is 0.0774. The molecule has 3 rings (SSSR count). The first-order chi connectivity index (χ1) is 13.0. The number of ether oxygens (including phenoxy) is 1. The van der Waals surface area contributed by atoms with Crippen LogP contribution in [0.2, 0.25) is 0 Å². The summed E-state index contributed by atoms with van der Waals surface area (Å²) < 4.78 is 5.95. The van der Waals surface area contributed by atoms with Gasteiger partial charge in [0.2, 0.25) is 5.91 Å². The molecule has 1 fully saturated rings. The summed E-state index contributed by atoms with van der Waals surface area (Å²) in [7, 11) is 0. The Morgan fingerprint density at radius 1 is 1.11 bits per heavy atom. The molecule has 3 atom stereocenters. The minimum Gasteiger partial charge on any atom is -0.488 e. The molecule has 1 aliphatic rings. The van der Waals surface area contributed by atoms with Gasteiger partial charge in [-0.1, -0.05) is 18.6 Å². The second kappa shape index (κ2) is 8.91. The predicted molar refractivity (Wildman–Crippen MR) is 108 cm³/mol. The van der Waals surface area contributed by atoms with Gasteiger partial charge < -0.3 is 20.5 Å². The summed E-state index contributed by atoms with van der Waals surface area (Å²) in [5.74, 6) is 0.707. The van der Waals surface area contributed by atoms with Gasteiger partial charge in [0, 0.05) is 24.3 Å². The lowest BCUT2D eigenvalue weighted by molar-refractivity contribution is -0.114. The predicted octanol–water partition coefficient (Wildman–Crippen LogP) is 4.50. The van der Waals surface area contributed by atoms with E-state index >= 15 is 0 Å². The lowest BCUT2D eigenvalue weighted by atomic mass is 9.95. The van der Waals surface area contributed by atoms with Crippen molar-refractivity contribution >= 4 is 17.3 Å². The van der Waals surface area contributed by atoms with Gasteiger partial charge in [-0.2, -0.15) is 0 Å². The molecule has 0 heterocycles. The second-order valence-corrected chi connectivity index (χ2v) is 7.21. The Labute approximate surface area is 160 Å². The molecule has 2 aromatic carbocycles. The number of aliphatic hydroxyl groups excluding tert-OH is 1.